The topological polar surface area (TPSA) is 72.9 Å². The molecule has 0 fully saturated rings. The minimum Gasteiger partial charge on any atom is -0.492 e. The maximum Gasteiger partial charge on any atom is 0.305 e. The largest absolute Gasteiger partial charge is 0.492 e. The van der Waals surface area contributed by atoms with Crippen molar-refractivity contribution in [1.82, 2.24) is 0 Å². The van der Waals surface area contributed by atoms with Crippen molar-refractivity contribution in [2.24, 2.45) is 0 Å². The van der Waals surface area contributed by atoms with Gasteiger partial charge in [-0.25, -0.2) is 8.42 Å². The van der Waals surface area contributed by atoms with Crippen LogP contribution in [-0.4, -0.2) is 40.9 Å². The van der Waals surface area contributed by atoms with Gasteiger partial charge in [-0.3, -0.25) is 9.10 Å². The Hall–Kier alpha value is -1.76. The smallest absolute Gasteiger partial charge is 0.305 e. The summed E-state index contributed by atoms with van der Waals surface area (Å²) < 4.78 is 35.2. The van der Waals surface area contributed by atoms with Gasteiger partial charge >= 0.3 is 5.97 Å². The van der Waals surface area contributed by atoms with Crippen LogP contribution in [-0.2, 0) is 19.6 Å². The van der Waals surface area contributed by atoms with Gasteiger partial charge in [-0.15, -0.1) is 0 Å². The molecule has 118 valence electrons. The molecule has 0 bridgehead atoms. The number of rotatable bonds is 8. The fourth-order valence-corrected chi connectivity index (χ4v) is 2.84. The van der Waals surface area contributed by atoms with Crippen LogP contribution in [0.25, 0.3) is 0 Å². The number of esters is 1. The maximum atomic E-state index is 12.0. The molecule has 1 rings (SSSR count). The molecule has 0 aliphatic carbocycles. The Balaban J connectivity index is 2.96. The van der Waals surface area contributed by atoms with E-state index in [1.54, 1.807) is 24.3 Å². The van der Waals surface area contributed by atoms with Gasteiger partial charge in [0.1, 0.15) is 5.75 Å². The highest BCUT2D eigenvalue weighted by atomic mass is 32.2. The lowest BCUT2D eigenvalue weighted by molar-refractivity contribution is -0.140. The molecule has 0 aromatic heterocycles. The van der Waals surface area contributed by atoms with E-state index in [2.05, 4.69) is 4.74 Å². The number of carbonyl (C=O) groups is 1. The normalized spacial score (nSPS) is 11.0. The Morgan fingerprint density at radius 2 is 1.95 bits per heavy atom. The average molecular weight is 315 g/mol. The van der Waals surface area contributed by atoms with Crippen LogP contribution in [0.2, 0.25) is 0 Å². The molecule has 0 heterocycles. The van der Waals surface area contributed by atoms with E-state index >= 15 is 0 Å². The Morgan fingerprint density at radius 3 is 2.52 bits per heavy atom. The number of hydrogen-bond acceptors (Lipinski definition) is 5. The van der Waals surface area contributed by atoms with E-state index in [4.69, 9.17) is 4.74 Å². The second-order valence-electron chi connectivity index (χ2n) is 4.42. The molecule has 0 N–H and O–H groups in total. The summed E-state index contributed by atoms with van der Waals surface area (Å²) in [5.41, 5.74) is 0.478. The number of hydrogen-bond donors (Lipinski definition) is 0. The molecular weight excluding hydrogens is 294 g/mol. The van der Waals surface area contributed by atoms with Crippen molar-refractivity contribution in [1.29, 1.82) is 0 Å². The van der Waals surface area contributed by atoms with Crippen molar-refractivity contribution in [2.75, 3.05) is 30.8 Å². The van der Waals surface area contributed by atoms with E-state index in [1.807, 2.05) is 6.92 Å². The zero-order valence-corrected chi connectivity index (χ0v) is 13.4. The average Bonchev–Trinajstić information content (AvgIpc) is 2.43. The van der Waals surface area contributed by atoms with E-state index in [1.165, 1.54) is 11.4 Å². The summed E-state index contributed by atoms with van der Waals surface area (Å²) in [5.74, 6) is 0.144. The number of sulfonamides is 1. The van der Waals surface area contributed by atoms with Crippen LogP contribution in [0.3, 0.4) is 0 Å². The molecule has 0 spiro atoms. The Bertz CT molecular complexity index is 570. The van der Waals surface area contributed by atoms with Gasteiger partial charge in [0, 0.05) is 13.0 Å². The number of nitrogens with zero attached hydrogens (tertiary/aromatic N) is 1. The lowest BCUT2D eigenvalue weighted by Gasteiger charge is -2.24. The van der Waals surface area contributed by atoms with Gasteiger partial charge < -0.3 is 9.47 Å². The van der Waals surface area contributed by atoms with Gasteiger partial charge in [-0.2, -0.15) is 0 Å². The van der Waals surface area contributed by atoms with E-state index in [0.29, 0.717) is 24.5 Å². The third-order valence-corrected chi connectivity index (χ3v) is 3.98. The summed E-state index contributed by atoms with van der Waals surface area (Å²) >= 11 is 0. The lowest BCUT2D eigenvalue weighted by atomic mass is 10.2. The second-order valence-corrected chi connectivity index (χ2v) is 6.32. The van der Waals surface area contributed by atoms with Crippen molar-refractivity contribution in [3.8, 4) is 5.75 Å². The molecule has 0 aliphatic rings. The van der Waals surface area contributed by atoms with Gasteiger partial charge in [-0.05, 0) is 25.5 Å². The summed E-state index contributed by atoms with van der Waals surface area (Å²) in [5, 5.41) is 0. The highest BCUT2D eigenvalue weighted by molar-refractivity contribution is 7.92. The third kappa shape index (κ3) is 5.26. The number of para-hydroxylation sites is 2. The summed E-state index contributed by atoms with van der Waals surface area (Å²) in [7, 11) is -2.16. The molecule has 1 aromatic rings. The predicted octanol–water partition coefficient (Wildman–Crippen LogP) is 1.80. The van der Waals surface area contributed by atoms with Crippen LogP contribution >= 0.6 is 0 Å². The van der Waals surface area contributed by atoms with Crippen LogP contribution in [0.4, 0.5) is 5.69 Å². The van der Waals surface area contributed by atoms with Gasteiger partial charge in [-0.1, -0.05) is 12.1 Å². The van der Waals surface area contributed by atoms with Crippen molar-refractivity contribution >= 4 is 21.7 Å². The van der Waals surface area contributed by atoms with E-state index in [9.17, 15) is 13.2 Å². The zero-order chi connectivity index (χ0) is 15.9. The van der Waals surface area contributed by atoms with E-state index < -0.39 is 10.0 Å². The molecule has 21 heavy (non-hydrogen) atoms. The minimum atomic E-state index is -3.46. The molecule has 0 amide bonds. The first-order valence-electron chi connectivity index (χ1n) is 6.66. The number of benzene rings is 1. The van der Waals surface area contributed by atoms with Crippen LogP contribution in [0.5, 0.6) is 5.75 Å². The summed E-state index contributed by atoms with van der Waals surface area (Å²) in [6.45, 7) is 2.47. The van der Waals surface area contributed by atoms with Crippen LogP contribution in [0, 0.1) is 0 Å². The first kappa shape index (κ1) is 17.3. The fourth-order valence-electron chi connectivity index (χ4n) is 1.87. The highest BCUT2D eigenvalue weighted by Crippen LogP contribution is 2.30. The quantitative estimate of drug-likeness (QED) is 0.684. The first-order valence-corrected chi connectivity index (χ1v) is 8.51. The fraction of sp³-hybridized carbons (Fsp3) is 0.500. The zero-order valence-electron chi connectivity index (χ0n) is 12.5. The lowest BCUT2D eigenvalue weighted by Crippen LogP contribution is -2.31. The molecule has 6 nitrogen and oxygen atoms in total. The van der Waals surface area contributed by atoms with Crippen molar-refractivity contribution < 1.29 is 22.7 Å². The summed E-state index contributed by atoms with van der Waals surface area (Å²) in [4.78, 5) is 11.1. The monoisotopic (exact) mass is 315 g/mol. The number of carbonyl (C=O) groups excluding carboxylic acids is 1. The standard InChI is InChI=1S/C14H21NO5S/c1-4-20-13-9-6-5-8-12(13)15(21(3,17)18)11-7-10-14(16)19-2/h5-6,8-9H,4,7,10-11H2,1-3H3. The molecule has 1 aromatic carbocycles. The highest BCUT2D eigenvalue weighted by Gasteiger charge is 2.21. The van der Waals surface area contributed by atoms with Crippen LogP contribution in [0.1, 0.15) is 19.8 Å². The minimum absolute atomic E-state index is 0.166. The number of ether oxygens (including phenoxy) is 2. The van der Waals surface area contributed by atoms with Crippen molar-refractivity contribution in [2.45, 2.75) is 19.8 Å². The molecule has 0 saturated carbocycles. The van der Waals surface area contributed by atoms with Gasteiger partial charge in [0.2, 0.25) is 10.0 Å². The van der Waals surface area contributed by atoms with E-state index in [0.717, 1.165) is 6.26 Å². The van der Waals surface area contributed by atoms with Crippen LogP contribution < -0.4 is 9.04 Å². The molecule has 0 saturated heterocycles. The van der Waals surface area contributed by atoms with Gasteiger partial charge in [0.05, 0.1) is 25.7 Å². The molecule has 0 atom stereocenters. The van der Waals surface area contributed by atoms with Gasteiger partial charge in [0.15, 0.2) is 0 Å². The second kappa shape index (κ2) is 7.87. The summed E-state index contributed by atoms with van der Waals surface area (Å²) in [6, 6.07) is 6.93. The van der Waals surface area contributed by atoms with Crippen molar-refractivity contribution in [3.63, 3.8) is 0 Å². The van der Waals surface area contributed by atoms with Crippen LogP contribution in [0.15, 0.2) is 24.3 Å². The predicted molar refractivity (Wildman–Crippen MR) is 81.1 cm³/mol. The number of anilines is 1. The SMILES string of the molecule is CCOc1ccccc1N(CCCC(=O)OC)S(C)(=O)=O. The molecule has 0 radical (unpaired) electrons. The third-order valence-electron chi connectivity index (χ3n) is 2.80. The van der Waals surface area contributed by atoms with E-state index in [-0.39, 0.29) is 18.9 Å². The molecule has 0 unspecified atom stereocenters. The maximum absolute atomic E-state index is 12.0. The summed E-state index contributed by atoms with van der Waals surface area (Å²) in [6.07, 6.45) is 1.67. The molecular formula is C14H21NO5S. The Labute approximate surface area is 125 Å². The Morgan fingerprint density at radius 1 is 1.29 bits per heavy atom. The molecule has 0 aliphatic heterocycles. The Kier molecular flexibility index (Phi) is 6.48. The first-order chi connectivity index (χ1) is 9.90. The number of methoxy groups -OCH3 is 1. The molecule has 7 heteroatoms. The van der Waals surface area contributed by atoms with Crippen molar-refractivity contribution in [3.05, 3.63) is 24.3 Å². The van der Waals surface area contributed by atoms with Gasteiger partial charge in [0.25, 0.3) is 0 Å².